The topological polar surface area (TPSA) is 111 Å². The van der Waals surface area contributed by atoms with Crippen LogP contribution >= 0.6 is 0 Å². The van der Waals surface area contributed by atoms with Gasteiger partial charge in [-0.3, -0.25) is 19.6 Å². The number of allylic oxidation sites excluding steroid dienone is 1. The zero-order chi connectivity index (χ0) is 21.1. The molecule has 8 heteroatoms. The van der Waals surface area contributed by atoms with Crippen molar-refractivity contribution in [1.29, 1.82) is 5.41 Å². The van der Waals surface area contributed by atoms with E-state index in [1.165, 1.54) is 10.8 Å². The molecule has 3 rings (SSSR count). The normalized spacial score (nSPS) is 13.7. The molecule has 0 radical (unpaired) electrons. The van der Waals surface area contributed by atoms with Gasteiger partial charge in [-0.05, 0) is 37.5 Å². The van der Waals surface area contributed by atoms with E-state index in [-0.39, 0.29) is 23.8 Å². The van der Waals surface area contributed by atoms with Gasteiger partial charge in [0.05, 0.1) is 11.7 Å². The molecule has 1 aliphatic heterocycles. The summed E-state index contributed by atoms with van der Waals surface area (Å²) in [5.41, 5.74) is 2.58. The predicted octanol–water partition coefficient (Wildman–Crippen LogP) is 1.77. The summed E-state index contributed by atoms with van der Waals surface area (Å²) in [5.74, 6) is 0.155. The molecule has 1 atom stereocenters. The maximum atomic E-state index is 12.3. The van der Waals surface area contributed by atoms with Crippen LogP contribution in [0.15, 0.2) is 42.7 Å². The van der Waals surface area contributed by atoms with Gasteiger partial charge >= 0.3 is 0 Å². The van der Waals surface area contributed by atoms with Gasteiger partial charge in [-0.25, -0.2) is 4.98 Å². The third kappa shape index (κ3) is 4.27. The fraction of sp³-hybridized carbons (Fsp3) is 0.333. The van der Waals surface area contributed by atoms with Crippen molar-refractivity contribution < 1.29 is 14.7 Å². The van der Waals surface area contributed by atoms with Crippen molar-refractivity contribution in [1.82, 2.24) is 14.9 Å². The maximum Gasteiger partial charge on any atom is 0.258 e. The Morgan fingerprint density at radius 2 is 2.17 bits per heavy atom. The highest BCUT2D eigenvalue weighted by Gasteiger charge is 2.24. The Kier molecular flexibility index (Phi) is 5.93. The molecule has 0 bridgehead atoms. The molecule has 1 aliphatic rings. The van der Waals surface area contributed by atoms with Gasteiger partial charge in [0.2, 0.25) is 0 Å². The van der Waals surface area contributed by atoms with Crippen LogP contribution in [0, 0.1) is 5.41 Å². The number of pyridine rings is 2. The van der Waals surface area contributed by atoms with Gasteiger partial charge in [0.15, 0.2) is 0 Å². The van der Waals surface area contributed by atoms with E-state index >= 15 is 0 Å². The molecule has 0 saturated heterocycles. The Labute approximate surface area is 169 Å². The number of carbonyl (C=O) groups is 2. The molecule has 1 unspecified atom stereocenters. The Bertz CT molecular complexity index is 1030. The molecule has 2 aromatic rings. The summed E-state index contributed by atoms with van der Waals surface area (Å²) < 4.78 is 1.24. The van der Waals surface area contributed by atoms with Crippen molar-refractivity contribution in [2.75, 3.05) is 18.0 Å². The predicted molar refractivity (Wildman–Crippen MR) is 109 cm³/mol. The highest BCUT2D eigenvalue weighted by Crippen LogP contribution is 2.32. The summed E-state index contributed by atoms with van der Waals surface area (Å²) in [6, 6.07) is 5.19. The Hall–Kier alpha value is -3.26. The van der Waals surface area contributed by atoms with Crippen LogP contribution in [0.1, 0.15) is 41.0 Å². The van der Waals surface area contributed by atoms with Crippen molar-refractivity contribution in [3.63, 3.8) is 0 Å². The van der Waals surface area contributed by atoms with Crippen LogP contribution in [0.3, 0.4) is 0 Å². The second kappa shape index (κ2) is 8.40. The number of hydrogen-bond donors (Lipinski definition) is 3. The van der Waals surface area contributed by atoms with Crippen molar-refractivity contribution in [2.45, 2.75) is 32.8 Å². The summed E-state index contributed by atoms with van der Waals surface area (Å²) in [4.78, 5) is 30.8. The lowest BCUT2D eigenvalue weighted by atomic mass is 10.1. The average Bonchev–Trinajstić information content (AvgIpc) is 3.14. The number of carbonyl (C=O) groups excluding carboxylic acids is 2. The first-order valence-electron chi connectivity index (χ1n) is 9.52. The number of aliphatic hydroxyl groups excluding tert-OH is 1. The largest absolute Gasteiger partial charge is 0.391 e. The van der Waals surface area contributed by atoms with Gasteiger partial charge in [-0.15, -0.1) is 0 Å². The van der Waals surface area contributed by atoms with Crippen LogP contribution in [0.4, 0.5) is 11.5 Å². The lowest BCUT2D eigenvalue weighted by molar-refractivity contribution is 0.0912. The summed E-state index contributed by atoms with van der Waals surface area (Å²) in [7, 11) is 0. The van der Waals surface area contributed by atoms with Gasteiger partial charge in [-0.1, -0.05) is 13.5 Å². The lowest BCUT2D eigenvalue weighted by Crippen LogP contribution is -2.31. The van der Waals surface area contributed by atoms with Crippen LogP contribution in [0.25, 0.3) is 0 Å². The van der Waals surface area contributed by atoms with Crippen molar-refractivity contribution in [3.8, 4) is 0 Å². The summed E-state index contributed by atoms with van der Waals surface area (Å²) >= 11 is 0. The van der Waals surface area contributed by atoms with E-state index in [1.54, 1.807) is 25.3 Å². The Morgan fingerprint density at radius 3 is 2.83 bits per heavy atom. The van der Waals surface area contributed by atoms with E-state index < -0.39 is 6.10 Å². The van der Waals surface area contributed by atoms with Crippen LogP contribution < -0.4 is 15.7 Å². The minimum Gasteiger partial charge on any atom is -0.391 e. The molecular formula is C21H25N5O3. The van der Waals surface area contributed by atoms with E-state index in [9.17, 15) is 14.7 Å². The van der Waals surface area contributed by atoms with E-state index in [2.05, 4.69) is 16.9 Å². The highest BCUT2D eigenvalue weighted by molar-refractivity contribution is 5.95. The number of aliphatic hydroxyl groups is 1. The first kappa shape index (κ1) is 20.5. The molecule has 0 spiro atoms. The minimum atomic E-state index is -0.562. The third-order valence-electron chi connectivity index (χ3n) is 4.87. The minimum absolute atomic E-state index is 0.0643. The van der Waals surface area contributed by atoms with Gasteiger partial charge in [-0.2, -0.15) is 0 Å². The van der Waals surface area contributed by atoms with Gasteiger partial charge < -0.3 is 15.3 Å². The molecule has 0 saturated carbocycles. The summed E-state index contributed by atoms with van der Waals surface area (Å²) in [5, 5.41) is 20.5. The number of amides is 1. The van der Waals surface area contributed by atoms with E-state index in [0.717, 1.165) is 17.1 Å². The fourth-order valence-electron chi connectivity index (χ4n) is 3.14. The lowest BCUT2D eigenvalue weighted by Gasteiger charge is -2.19. The van der Waals surface area contributed by atoms with E-state index in [0.29, 0.717) is 30.5 Å². The molecule has 0 aliphatic carbocycles. The molecule has 2 aromatic heterocycles. The highest BCUT2D eigenvalue weighted by atomic mass is 16.3. The monoisotopic (exact) mass is 395 g/mol. The van der Waals surface area contributed by atoms with Gasteiger partial charge in [0, 0.05) is 42.8 Å². The van der Waals surface area contributed by atoms with Crippen LogP contribution in [-0.4, -0.2) is 45.7 Å². The number of nitrogens with zero attached hydrogens (tertiary/aromatic N) is 3. The van der Waals surface area contributed by atoms with Crippen LogP contribution in [-0.2, 0) is 6.42 Å². The smallest absolute Gasteiger partial charge is 0.258 e. The molecule has 0 fully saturated rings. The molecule has 0 aromatic carbocycles. The third-order valence-corrected chi connectivity index (χ3v) is 4.87. The second-order valence-electron chi connectivity index (χ2n) is 7.11. The van der Waals surface area contributed by atoms with Crippen molar-refractivity contribution in [3.05, 3.63) is 59.4 Å². The number of rotatable bonds is 6. The second-order valence-corrected chi connectivity index (χ2v) is 7.11. The molecule has 29 heavy (non-hydrogen) atoms. The Balaban J connectivity index is 1.81. The first-order chi connectivity index (χ1) is 13.8. The van der Waals surface area contributed by atoms with E-state index in [4.69, 9.17) is 5.41 Å². The van der Waals surface area contributed by atoms with Crippen molar-refractivity contribution in [2.24, 2.45) is 0 Å². The molecule has 1 amide bonds. The number of hydrogen-bond acceptors (Lipinski definition) is 6. The number of fused-ring (bicyclic) bond motifs is 1. The summed E-state index contributed by atoms with van der Waals surface area (Å²) in [6.07, 6.45) is 3.81. The SMILES string of the molecule is C=C(C)C(=O)n1ccc(N2CCc3cc(C(=O)NCC(O)CC)cnc32)cc1=N. The number of aromatic nitrogens is 2. The zero-order valence-electron chi connectivity index (χ0n) is 16.6. The molecule has 152 valence electrons. The molecule has 3 N–H and O–H groups in total. The molecule has 8 nitrogen and oxygen atoms in total. The fourth-order valence-corrected chi connectivity index (χ4v) is 3.14. The van der Waals surface area contributed by atoms with Crippen LogP contribution in [0.2, 0.25) is 0 Å². The number of nitrogens with one attached hydrogen (secondary N) is 2. The standard InChI is InChI=1S/C21H25N5O3/c1-4-17(27)12-24-20(28)15-9-14-5-7-25(19(14)23-11-15)16-6-8-26(18(22)10-16)21(29)13(2)3/h6,8-11,17,22,27H,2,4-5,7,12H2,1,3H3,(H,24,28). The first-order valence-corrected chi connectivity index (χ1v) is 9.52. The molecular weight excluding hydrogens is 370 g/mol. The zero-order valence-corrected chi connectivity index (χ0v) is 16.6. The maximum absolute atomic E-state index is 12.3. The van der Waals surface area contributed by atoms with E-state index in [1.807, 2.05) is 17.9 Å². The van der Waals surface area contributed by atoms with Gasteiger partial charge in [0.25, 0.3) is 11.8 Å². The number of anilines is 2. The quantitative estimate of drug-likeness (QED) is 0.646. The summed E-state index contributed by atoms with van der Waals surface area (Å²) in [6.45, 7) is 7.97. The average molecular weight is 395 g/mol. The van der Waals surface area contributed by atoms with Crippen LogP contribution in [0.5, 0.6) is 0 Å². The molecule has 3 heterocycles. The van der Waals surface area contributed by atoms with Gasteiger partial charge in [0.1, 0.15) is 11.3 Å². The van der Waals surface area contributed by atoms with Crippen molar-refractivity contribution >= 4 is 23.3 Å². The Morgan fingerprint density at radius 1 is 1.41 bits per heavy atom.